The van der Waals surface area contributed by atoms with Crippen LogP contribution in [0.2, 0.25) is 5.02 Å². The van der Waals surface area contributed by atoms with E-state index in [1.165, 1.54) is 12.8 Å². The van der Waals surface area contributed by atoms with Crippen LogP contribution in [-0.2, 0) is 0 Å². The van der Waals surface area contributed by atoms with Crippen molar-refractivity contribution >= 4 is 24.0 Å². The van der Waals surface area contributed by atoms with Crippen LogP contribution in [0, 0.1) is 0 Å². The van der Waals surface area contributed by atoms with Gasteiger partial charge in [0, 0.05) is 17.6 Å². The summed E-state index contributed by atoms with van der Waals surface area (Å²) in [5, 5.41) is 4.09. The van der Waals surface area contributed by atoms with Gasteiger partial charge in [-0.1, -0.05) is 11.6 Å². The summed E-state index contributed by atoms with van der Waals surface area (Å²) in [7, 11) is 2.05. The van der Waals surface area contributed by atoms with Gasteiger partial charge in [0.2, 0.25) is 0 Å². The number of rotatable bonds is 5. The normalized spacial score (nSPS) is 16.9. The third-order valence-electron chi connectivity index (χ3n) is 3.49. The third kappa shape index (κ3) is 5.57. The fraction of sp³-hybridized carbons (Fsp3) is 0.571. The fourth-order valence-electron chi connectivity index (χ4n) is 2.27. The first-order valence-electron chi connectivity index (χ1n) is 6.56. The van der Waals surface area contributed by atoms with Crippen molar-refractivity contribution in [1.29, 1.82) is 0 Å². The highest BCUT2D eigenvalue weighted by atomic mass is 35.5. The number of piperidine rings is 1. The highest BCUT2D eigenvalue weighted by Gasteiger charge is 2.16. The van der Waals surface area contributed by atoms with Crippen LogP contribution in [0.25, 0.3) is 0 Å². The molecule has 108 valence electrons. The number of benzene rings is 1. The molecule has 0 aliphatic carbocycles. The lowest BCUT2D eigenvalue weighted by Gasteiger charge is -2.31. The Morgan fingerprint density at radius 1 is 1.26 bits per heavy atom. The van der Waals surface area contributed by atoms with Crippen LogP contribution in [0.15, 0.2) is 24.3 Å². The highest BCUT2D eigenvalue weighted by molar-refractivity contribution is 6.30. The second-order valence-electron chi connectivity index (χ2n) is 4.71. The van der Waals surface area contributed by atoms with E-state index in [0.717, 1.165) is 37.0 Å². The first-order chi connectivity index (χ1) is 8.78. The standard InChI is InChI=1S/C14H21ClN2O.ClH/c1-16-13-6-8-17(9-7-13)10-11-18-14-4-2-12(15)3-5-14;/h2-5,13,16H,6-11H2,1H3;1H. The van der Waals surface area contributed by atoms with Crippen molar-refractivity contribution in [3.63, 3.8) is 0 Å². The highest BCUT2D eigenvalue weighted by Crippen LogP contribution is 2.15. The largest absolute Gasteiger partial charge is 0.492 e. The molecule has 1 heterocycles. The molecule has 5 heteroatoms. The van der Waals surface area contributed by atoms with E-state index in [0.29, 0.717) is 6.04 Å². The molecule has 1 aliphatic rings. The summed E-state index contributed by atoms with van der Waals surface area (Å²) in [6.07, 6.45) is 2.47. The van der Waals surface area contributed by atoms with Crippen LogP contribution in [0.3, 0.4) is 0 Å². The number of hydrogen-bond donors (Lipinski definition) is 1. The van der Waals surface area contributed by atoms with Crippen LogP contribution >= 0.6 is 24.0 Å². The summed E-state index contributed by atoms with van der Waals surface area (Å²) >= 11 is 5.83. The van der Waals surface area contributed by atoms with Crippen LogP contribution in [-0.4, -0.2) is 44.2 Å². The molecule has 1 fully saturated rings. The molecule has 0 unspecified atom stereocenters. The third-order valence-corrected chi connectivity index (χ3v) is 3.74. The molecule has 1 aromatic rings. The molecule has 19 heavy (non-hydrogen) atoms. The van der Waals surface area contributed by atoms with Crippen LogP contribution in [0.4, 0.5) is 0 Å². The molecule has 1 aromatic carbocycles. The maximum absolute atomic E-state index is 5.83. The number of halogens is 2. The summed E-state index contributed by atoms with van der Waals surface area (Å²) in [5.74, 6) is 0.893. The molecule has 0 spiro atoms. The maximum Gasteiger partial charge on any atom is 0.119 e. The minimum atomic E-state index is 0. The minimum Gasteiger partial charge on any atom is -0.492 e. The average molecular weight is 305 g/mol. The Balaban J connectivity index is 0.00000180. The fourth-order valence-corrected chi connectivity index (χ4v) is 2.39. The second kappa shape index (κ2) is 8.64. The van der Waals surface area contributed by atoms with E-state index in [-0.39, 0.29) is 12.4 Å². The van der Waals surface area contributed by atoms with Gasteiger partial charge in [0.25, 0.3) is 0 Å². The summed E-state index contributed by atoms with van der Waals surface area (Å²) in [6.45, 7) is 4.07. The zero-order valence-corrected chi connectivity index (χ0v) is 12.8. The van der Waals surface area contributed by atoms with Gasteiger partial charge in [-0.25, -0.2) is 0 Å². The molecule has 1 N–H and O–H groups in total. The quantitative estimate of drug-likeness (QED) is 0.905. The van der Waals surface area contributed by atoms with Gasteiger partial charge in [-0.05, 0) is 57.2 Å². The molecular weight excluding hydrogens is 283 g/mol. The Hall–Kier alpha value is -0.480. The maximum atomic E-state index is 5.83. The Morgan fingerprint density at radius 3 is 2.47 bits per heavy atom. The smallest absolute Gasteiger partial charge is 0.119 e. The zero-order chi connectivity index (χ0) is 12.8. The predicted molar refractivity (Wildman–Crippen MR) is 82.7 cm³/mol. The van der Waals surface area contributed by atoms with Gasteiger partial charge in [0.05, 0.1) is 0 Å². The van der Waals surface area contributed by atoms with E-state index in [4.69, 9.17) is 16.3 Å². The monoisotopic (exact) mass is 304 g/mol. The van der Waals surface area contributed by atoms with E-state index >= 15 is 0 Å². The Kier molecular flexibility index (Phi) is 7.54. The molecule has 0 aromatic heterocycles. The van der Waals surface area contributed by atoms with Crippen molar-refractivity contribution in [2.75, 3.05) is 33.3 Å². The SMILES string of the molecule is CNC1CCN(CCOc2ccc(Cl)cc2)CC1.Cl. The van der Waals surface area contributed by atoms with Crippen molar-refractivity contribution in [2.24, 2.45) is 0 Å². The summed E-state index contributed by atoms with van der Waals surface area (Å²) in [4.78, 5) is 2.46. The van der Waals surface area contributed by atoms with Crippen molar-refractivity contribution in [3.05, 3.63) is 29.3 Å². The molecular formula is C14H22Cl2N2O. The van der Waals surface area contributed by atoms with E-state index in [1.807, 2.05) is 31.3 Å². The molecule has 3 nitrogen and oxygen atoms in total. The minimum absolute atomic E-state index is 0. The topological polar surface area (TPSA) is 24.5 Å². The number of nitrogens with zero attached hydrogens (tertiary/aromatic N) is 1. The van der Waals surface area contributed by atoms with Gasteiger partial charge >= 0.3 is 0 Å². The first kappa shape index (κ1) is 16.6. The van der Waals surface area contributed by atoms with Gasteiger partial charge in [0.15, 0.2) is 0 Å². The van der Waals surface area contributed by atoms with Crippen LogP contribution in [0.1, 0.15) is 12.8 Å². The molecule has 0 saturated carbocycles. The summed E-state index contributed by atoms with van der Waals surface area (Å²) in [5.41, 5.74) is 0. The molecule has 2 rings (SSSR count). The van der Waals surface area contributed by atoms with Crippen molar-refractivity contribution in [1.82, 2.24) is 10.2 Å². The Bertz CT molecular complexity index is 351. The van der Waals surface area contributed by atoms with E-state index in [9.17, 15) is 0 Å². The summed E-state index contributed by atoms with van der Waals surface area (Å²) < 4.78 is 5.70. The first-order valence-corrected chi connectivity index (χ1v) is 6.93. The molecule has 1 saturated heterocycles. The second-order valence-corrected chi connectivity index (χ2v) is 5.14. The molecule has 0 radical (unpaired) electrons. The molecule has 1 aliphatic heterocycles. The molecule has 0 bridgehead atoms. The lowest BCUT2D eigenvalue weighted by Crippen LogP contribution is -2.42. The zero-order valence-electron chi connectivity index (χ0n) is 11.3. The number of nitrogens with one attached hydrogen (secondary N) is 1. The lowest BCUT2D eigenvalue weighted by molar-refractivity contribution is 0.167. The number of likely N-dealkylation sites (tertiary alicyclic amines) is 1. The lowest BCUT2D eigenvalue weighted by atomic mass is 10.1. The Morgan fingerprint density at radius 2 is 1.89 bits per heavy atom. The van der Waals surface area contributed by atoms with E-state index in [2.05, 4.69) is 10.2 Å². The Labute approximate surface area is 126 Å². The van der Waals surface area contributed by atoms with Crippen molar-refractivity contribution in [3.8, 4) is 5.75 Å². The van der Waals surface area contributed by atoms with Crippen LogP contribution < -0.4 is 10.1 Å². The van der Waals surface area contributed by atoms with E-state index < -0.39 is 0 Å². The average Bonchev–Trinajstić information content (AvgIpc) is 2.42. The van der Waals surface area contributed by atoms with Gasteiger partial charge in [0.1, 0.15) is 12.4 Å². The molecule has 0 amide bonds. The van der Waals surface area contributed by atoms with Crippen LogP contribution in [0.5, 0.6) is 5.75 Å². The predicted octanol–water partition coefficient (Wildman–Crippen LogP) is 2.82. The van der Waals surface area contributed by atoms with Crippen molar-refractivity contribution < 1.29 is 4.74 Å². The number of hydrogen-bond acceptors (Lipinski definition) is 3. The van der Waals surface area contributed by atoms with Crippen molar-refractivity contribution in [2.45, 2.75) is 18.9 Å². The molecule has 0 atom stereocenters. The van der Waals surface area contributed by atoms with Gasteiger partial charge < -0.3 is 10.1 Å². The van der Waals surface area contributed by atoms with Gasteiger partial charge in [-0.2, -0.15) is 0 Å². The van der Waals surface area contributed by atoms with E-state index in [1.54, 1.807) is 0 Å². The van der Waals surface area contributed by atoms with Gasteiger partial charge in [-0.15, -0.1) is 12.4 Å². The number of ether oxygens (including phenoxy) is 1. The summed E-state index contributed by atoms with van der Waals surface area (Å²) in [6, 6.07) is 8.23. The van der Waals surface area contributed by atoms with Gasteiger partial charge in [-0.3, -0.25) is 4.90 Å².